The number of rotatable bonds is 4. The second kappa shape index (κ2) is 8.61. The summed E-state index contributed by atoms with van der Waals surface area (Å²) >= 11 is 0. The molecule has 4 aliphatic carbocycles. The SMILES string of the molecule is C[C@]12C=CC(=O)C=C1CC[C@H]1[C@@H]3C[C@H]4CN(Cc5cccc6ncccc56)O[C@@]4(C(=O)CO)[C@@]3(C)C[C@H](O)[C@@]12F. The monoisotopic (exact) mass is 546 g/mol. The van der Waals surface area contributed by atoms with Crippen LogP contribution in [0.5, 0.6) is 0 Å². The van der Waals surface area contributed by atoms with Crippen molar-refractivity contribution in [2.45, 2.75) is 63.4 Å². The molecule has 2 heterocycles. The predicted molar refractivity (Wildman–Crippen MR) is 145 cm³/mol. The van der Waals surface area contributed by atoms with Crippen molar-refractivity contribution < 1.29 is 29.0 Å². The van der Waals surface area contributed by atoms with Crippen LogP contribution in [0.25, 0.3) is 10.9 Å². The third-order valence-electron chi connectivity index (χ3n) is 11.3. The van der Waals surface area contributed by atoms with Crippen LogP contribution in [0, 0.1) is 28.6 Å². The van der Waals surface area contributed by atoms with Crippen LogP contribution >= 0.6 is 0 Å². The number of pyridine rings is 1. The van der Waals surface area contributed by atoms with Gasteiger partial charge in [0, 0.05) is 47.3 Å². The highest BCUT2D eigenvalue weighted by atomic mass is 19.1. The number of fused-ring (bicyclic) bond motifs is 8. The van der Waals surface area contributed by atoms with Gasteiger partial charge in [0.25, 0.3) is 0 Å². The third-order valence-corrected chi connectivity index (χ3v) is 11.3. The van der Waals surface area contributed by atoms with E-state index in [1.54, 1.807) is 19.2 Å². The summed E-state index contributed by atoms with van der Waals surface area (Å²) in [6, 6.07) is 9.83. The normalized spacial score (nSPS) is 42.2. The minimum Gasteiger partial charge on any atom is -0.390 e. The number of alkyl halides is 1. The number of aliphatic hydroxyl groups is 2. The van der Waals surface area contributed by atoms with Crippen LogP contribution in [-0.2, 0) is 21.0 Å². The van der Waals surface area contributed by atoms with E-state index >= 15 is 4.39 Å². The quantitative estimate of drug-likeness (QED) is 0.601. The molecule has 7 nitrogen and oxygen atoms in total. The highest BCUT2D eigenvalue weighted by Gasteiger charge is 2.78. The number of aromatic nitrogens is 1. The molecule has 0 amide bonds. The van der Waals surface area contributed by atoms with E-state index in [4.69, 9.17) is 4.84 Å². The molecule has 0 bridgehead atoms. The van der Waals surface area contributed by atoms with Crippen molar-refractivity contribution in [2.24, 2.45) is 28.6 Å². The van der Waals surface area contributed by atoms with Crippen LogP contribution in [0.2, 0.25) is 0 Å². The first kappa shape index (κ1) is 26.1. The minimum absolute atomic E-state index is 0.0313. The van der Waals surface area contributed by atoms with Crippen LogP contribution in [0.15, 0.2) is 60.3 Å². The standard InChI is InChI=1S/C32H35FN2O5/c1-29-11-10-22(37)13-20(29)8-9-24-25-14-21-17-35(16-19-5-3-7-26-23(19)6-4-12-34-26)40-32(21,28(39)18-36)30(25,2)15-27(38)31(24,29)33/h3-7,10-13,21,24-25,27,36,38H,8-9,14-18H2,1-2H3/t21-,24-,25-,27-,29-,30-,31-,32-/m0/s1. The Morgan fingerprint density at radius 3 is 2.85 bits per heavy atom. The summed E-state index contributed by atoms with van der Waals surface area (Å²) in [5.41, 5.74) is -2.68. The topological polar surface area (TPSA) is 100.0 Å². The second-order valence-electron chi connectivity index (χ2n) is 12.9. The van der Waals surface area contributed by atoms with Gasteiger partial charge >= 0.3 is 0 Å². The van der Waals surface area contributed by atoms with Gasteiger partial charge in [-0.25, -0.2) is 4.39 Å². The lowest BCUT2D eigenvalue weighted by Crippen LogP contribution is -2.69. The van der Waals surface area contributed by atoms with Gasteiger partial charge < -0.3 is 10.2 Å². The third kappa shape index (κ3) is 3.11. The maximum absolute atomic E-state index is 17.5. The Bertz CT molecular complexity index is 1490. The lowest BCUT2D eigenvalue weighted by Gasteiger charge is -2.62. The van der Waals surface area contributed by atoms with Crippen LogP contribution in [0.1, 0.15) is 45.1 Å². The first-order valence-corrected chi connectivity index (χ1v) is 14.3. The molecule has 0 radical (unpaired) electrons. The van der Waals surface area contributed by atoms with Gasteiger partial charge in [-0.2, -0.15) is 5.06 Å². The Labute approximate surface area is 232 Å². The zero-order valence-corrected chi connectivity index (χ0v) is 22.8. The molecule has 1 saturated heterocycles. The number of allylic oxidation sites excluding steroid dienone is 4. The highest BCUT2D eigenvalue weighted by Crippen LogP contribution is 2.72. The van der Waals surface area contributed by atoms with E-state index in [1.165, 1.54) is 12.2 Å². The number of carbonyl (C=O) groups excluding carboxylic acids is 2. The number of hydroxylamine groups is 2. The lowest BCUT2D eigenvalue weighted by molar-refractivity contribution is -0.268. The summed E-state index contributed by atoms with van der Waals surface area (Å²) in [6.45, 7) is 3.97. The second-order valence-corrected chi connectivity index (χ2v) is 12.9. The average Bonchev–Trinajstić information content (AvgIpc) is 3.42. The number of halogens is 1. The number of hydrogen-bond donors (Lipinski definition) is 2. The zero-order chi connectivity index (χ0) is 28.1. The van der Waals surface area contributed by atoms with Crippen LogP contribution < -0.4 is 0 Å². The average molecular weight is 547 g/mol. The van der Waals surface area contributed by atoms with E-state index in [1.807, 2.05) is 42.3 Å². The Hall–Kier alpha value is -2.78. The molecule has 3 saturated carbocycles. The van der Waals surface area contributed by atoms with Crippen molar-refractivity contribution in [2.75, 3.05) is 13.2 Å². The van der Waals surface area contributed by atoms with Crippen molar-refractivity contribution in [3.05, 3.63) is 65.9 Å². The summed E-state index contributed by atoms with van der Waals surface area (Å²) in [4.78, 5) is 36.9. The fourth-order valence-corrected chi connectivity index (χ4v) is 9.54. The molecular weight excluding hydrogens is 511 g/mol. The lowest BCUT2D eigenvalue weighted by atomic mass is 9.44. The van der Waals surface area contributed by atoms with Gasteiger partial charge in [0.05, 0.1) is 11.6 Å². The van der Waals surface area contributed by atoms with Crippen molar-refractivity contribution in [1.29, 1.82) is 0 Å². The molecule has 2 aromatic rings. The number of benzene rings is 1. The first-order chi connectivity index (χ1) is 19.1. The molecule has 1 aliphatic heterocycles. The summed E-state index contributed by atoms with van der Waals surface area (Å²) in [5, 5.41) is 24.7. The zero-order valence-electron chi connectivity index (χ0n) is 22.8. The van der Waals surface area contributed by atoms with Crippen molar-refractivity contribution >= 4 is 22.5 Å². The fraction of sp³-hybridized carbons (Fsp3) is 0.531. The number of ketones is 2. The number of aliphatic hydroxyl groups excluding tert-OH is 2. The molecule has 5 aliphatic rings. The summed E-state index contributed by atoms with van der Waals surface area (Å²) in [7, 11) is 0. The molecule has 8 heteroatoms. The maximum atomic E-state index is 17.5. The summed E-state index contributed by atoms with van der Waals surface area (Å²) < 4.78 is 17.5. The minimum atomic E-state index is -1.98. The van der Waals surface area contributed by atoms with E-state index < -0.39 is 46.5 Å². The van der Waals surface area contributed by atoms with E-state index in [2.05, 4.69) is 4.98 Å². The molecule has 7 rings (SSSR count). The number of nitrogens with zero attached hydrogens (tertiary/aromatic N) is 2. The van der Waals surface area contributed by atoms with Crippen LogP contribution in [-0.4, -0.2) is 62.4 Å². The Kier molecular flexibility index (Phi) is 5.63. The smallest absolute Gasteiger partial charge is 0.192 e. The number of Topliss-reactive ketones (excluding diaryl/α,β-unsaturated/α-hetero) is 1. The molecule has 1 aromatic carbocycles. The van der Waals surface area contributed by atoms with E-state index in [9.17, 15) is 19.8 Å². The van der Waals surface area contributed by atoms with Gasteiger partial charge in [0.1, 0.15) is 6.61 Å². The molecule has 1 aromatic heterocycles. The van der Waals surface area contributed by atoms with Crippen LogP contribution in [0.3, 0.4) is 0 Å². The van der Waals surface area contributed by atoms with Gasteiger partial charge in [-0.1, -0.05) is 36.8 Å². The van der Waals surface area contributed by atoms with Gasteiger partial charge in [0.15, 0.2) is 22.8 Å². The van der Waals surface area contributed by atoms with Crippen LogP contribution in [0.4, 0.5) is 4.39 Å². The largest absolute Gasteiger partial charge is 0.390 e. The molecule has 4 fully saturated rings. The summed E-state index contributed by atoms with van der Waals surface area (Å²) in [5.74, 6) is -1.55. The maximum Gasteiger partial charge on any atom is 0.192 e. The first-order valence-electron chi connectivity index (χ1n) is 14.3. The van der Waals surface area contributed by atoms with Gasteiger partial charge in [0.2, 0.25) is 0 Å². The van der Waals surface area contributed by atoms with Gasteiger partial charge in [-0.15, -0.1) is 0 Å². The Balaban J connectivity index is 1.26. The number of hydrogen-bond acceptors (Lipinski definition) is 7. The molecular formula is C32H35FN2O5. The Morgan fingerprint density at radius 2 is 2.05 bits per heavy atom. The van der Waals surface area contributed by atoms with Crippen molar-refractivity contribution in [1.82, 2.24) is 10.0 Å². The van der Waals surface area contributed by atoms with Gasteiger partial charge in [-0.3, -0.25) is 19.4 Å². The molecule has 40 heavy (non-hydrogen) atoms. The summed E-state index contributed by atoms with van der Waals surface area (Å²) in [6.07, 6.45) is 6.62. The van der Waals surface area contributed by atoms with Gasteiger partial charge in [-0.05, 0) is 68.4 Å². The van der Waals surface area contributed by atoms with Crippen molar-refractivity contribution in [3.8, 4) is 0 Å². The molecule has 0 unspecified atom stereocenters. The van der Waals surface area contributed by atoms with E-state index in [0.717, 1.165) is 22.0 Å². The molecule has 210 valence electrons. The number of carbonyl (C=O) groups is 2. The fourth-order valence-electron chi connectivity index (χ4n) is 9.54. The Morgan fingerprint density at radius 1 is 1.23 bits per heavy atom. The molecule has 0 spiro atoms. The van der Waals surface area contributed by atoms with E-state index in [0.29, 0.717) is 32.4 Å². The highest BCUT2D eigenvalue weighted by molar-refractivity contribution is 6.01. The molecule has 8 atom stereocenters. The molecule has 2 N–H and O–H groups in total. The van der Waals surface area contributed by atoms with E-state index in [-0.39, 0.29) is 24.0 Å². The predicted octanol–water partition coefficient (Wildman–Crippen LogP) is 3.88. The van der Waals surface area contributed by atoms with Crippen molar-refractivity contribution in [3.63, 3.8) is 0 Å².